The molecule has 2 aliphatic carbocycles. The van der Waals surface area contributed by atoms with Crippen molar-refractivity contribution in [3.05, 3.63) is 210 Å². The van der Waals surface area contributed by atoms with Crippen LogP contribution in [0.3, 0.4) is 0 Å². The van der Waals surface area contributed by atoms with Crippen molar-refractivity contribution in [1.82, 2.24) is 0 Å². The van der Waals surface area contributed by atoms with E-state index < -0.39 is 5.41 Å². The first-order valence-corrected chi connectivity index (χ1v) is 19.6. The molecule has 2 nitrogen and oxygen atoms in total. The maximum absolute atomic E-state index is 6.76. The monoisotopic (exact) mass is 716 g/mol. The molecular formula is C54H36O2. The molecule has 0 fully saturated rings. The van der Waals surface area contributed by atoms with Crippen molar-refractivity contribution in [2.75, 3.05) is 0 Å². The Hall–Kier alpha value is -6.90. The van der Waals surface area contributed by atoms with Crippen LogP contribution in [0, 0.1) is 5.92 Å². The number of hydrogen-bond donors (Lipinski definition) is 0. The molecular weight excluding hydrogens is 681 g/mol. The number of furan rings is 1. The topological polar surface area (TPSA) is 22.4 Å². The third-order valence-corrected chi connectivity index (χ3v) is 12.5. The van der Waals surface area contributed by atoms with Crippen molar-refractivity contribution in [2.24, 2.45) is 5.92 Å². The van der Waals surface area contributed by atoms with Crippen LogP contribution in [0.25, 0.3) is 72.3 Å². The Morgan fingerprint density at radius 1 is 0.518 bits per heavy atom. The minimum Gasteiger partial charge on any atom is -0.456 e. The summed E-state index contributed by atoms with van der Waals surface area (Å²) in [5.74, 6) is 3.24. The summed E-state index contributed by atoms with van der Waals surface area (Å²) >= 11 is 0. The van der Waals surface area contributed by atoms with Crippen LogP contribution in [-0.2, 0) is 11.8 Å². The maximum atomic E-state index is 6.76. The van der Waals surface area contributed by atoms with Crippen LogP contribution < -0.4 is 4.74 Å². The predicted octanol–water partition coefficient (Wildman–Crippen LogP) is 14.3. The maximum Gasteiger partial charge on any atom is 0.142 e. The third kappa shape index (κ3) is 4.27. The lowest BCUT2D eigenvalue weighted by molar-refractivity contribution is 0.487. The summed E-state index contributed by atoms with van der Waals surface area (Å²) in [5, 5.41) is 3.50. The first-order valence-electron chi connectivity index (χ1n) is 19.6. The Bertz CT molecular complexity index is 3050. The molecule has 2 heteroatoms. The van der Waals surface area contributed by atoms with Crippen molar-refractivity contribution < 1.29 is 9.15 Å². The zero-order valence-corrected chi connectivity index (χ0v) is 30.9. The van der Waals surface area contributed by atoms with Gasteiger partial charge in [-0.05, 0) is 104 Å². The van der Waals surface area contributed by atoms with E-state index in [1.54, 1.807) is 0 Å². The Morgan fingerprint density at radius 2 is 1.18 bits per heavy atom. The second-order valence-electron chi connectivity index (χ2n) is 15.6. The van der Waals surface area contributed by atoms with Gasteiger partial charge in [-0.1, -0.05) is 159 Å². The van der Waals surface area contributed by atoms with Crippen LogP contribution >= 0.6 is 0 Å². The van der Waals surface area contributed by atoms with E-state index in [1.165, 1.54) is 61.0 Å². The first kappa shape index (κ1) is 31.5. The number of allylic oxidation sites excluding steroid dienone is 1. The van der Waals surface area contributed by atoms with Gasteiger partial charge in [0.25, 0.3) is 0 Å². The van der Waals surface area contributed by atoms with Crippen LogP contribution in [0.4, 0.5) is 0 Å². The van der Waals surface area contributed by atoms with Gasteiger partial charge in [-0.3, -0.25) is 0 Å². The van der Waals surface area contributed by atoms with Gasteiger partial charge in [-0.25, -0.2) is 0 Å². The molecule has 0 spiro atoms. The lowest BCUT2D eigenvalue weighted by Crippen LogP contribution is -2.28. The molecule has 0 amide bonds. The molecule has 2 heterocycles. The third-order valence-electron chi connectivity index (χ3n) is 12.5. The van der Waals surface area contributed by atoms with E-state index in [9.17, 15) is 0 Å². The average Bonchev–Trinajstić information content (AvgIpc) is 3.78. The number of para-hydroxylation sites is 1. The summed E-state index contributed by atoms with van der Waals surface area (Å²) in [5.41, 5.74) is 16.5. The van der Waals surface area contributed by atoms with Gasteiger partial charge in [-0.2, -0.15) is 0 Å². The second kappa shape index (κ2) is 11.8. The molecule has 0 N–H and O–H groups in total. The highest BCUT2D eigenvalue weighted by atomic mass is 16.5. The molecule has 8 aromatic carbocycles. The first-order chi connectivity index (χ1) is 27.7. The number of hydrogen-bond acceptors (Lipinski definition) is 2. The Morgan fingerprint density at radius 3 is 2.00 bits per heavy atom. The molecule has 0 radical (unpaired) electrons. The molecule has 1 atom stereocenters. The summed E-state index contributed by atoms with van der Waals surface area (Å²) in [6, 6.07) is 62.2. The predicted molar refractivity (Wildman–Crippen MR) is 229 cm³/mol. The molecule has 9 aromatic rings. The van der Waals surface area contributed by atoms with Gasteiger partial charge in [0, 0.05) is 27.5 Å². The fraction of sp³-hybridized carbons (Fsp3) is 0.0741. The number of benzene rings is 8. The van der Waals surface area contributed by atoms with Gasteiger partial charge < -0.3 is 9.15 Å². The van der Waals surface area contributed by atoms with Gasteiger partial charge in [0.1, 0.15) is 22.8 Å². The van der Waals surface area contributed by atoms with Crippen LogP contribution in [0.2, 0.25) is 0 Å². The van der Waals surface area contributed by atoms with Crippen molar-refractivity contribution >= 4 is 27.8 Å². The normalized spacial score (nSPS) is 15.6. The van der Waals surface area contributed by atoms with E-state index in [0.717, 1.165) is 56.7 Å². The van der Waals surface area contributed by atoms with E-state index in [1.807, 2.05) is 0 Å². The molecule has 1 aromatic heterocycles. The molecule has 12 rings (SSSR count). The van der Waals surface area contributed by atoms with Gasteiger partial charge >= 0.3 is 0 Å². The second-order valence-corrected chi connectivity index (χ2v) is 15.6. The minimum atomic E-state index is -0.451. The summed E-state index contributed by atoms with van der Waals surface area (Å²) < 4.78 is 13.4. The lowest BCUT2D eigenvalue weighted by Gasteiger charge is -2.34. The highest BCUT2D eigenvalue weighted by Crippen LogP contribution is 2.59. The summed E-state index contributed by atoms with van der Waals surface area (Å²) in [6.45, 7) is 2.27. The van der Waals surface area contributed by atoms with Gasteiger partial charge in [-0.15, -0.1) is 0 Å². The molecule has 264 valence electrons. The van der Waals surface area contributed by atoms with Crippen molar-refractivity contribution in [3.63, 3.8) is 0 Å². The summed E-state index contributed by atoms with van der Waals surface area (Å²) in [7, 11) is 0. The van der Waals surface area contributed by atoms with Gasteiger partial charge in [0.05, 0.1) is 5.41 Å². The Labute approximate surface area is 326 Å². The molecule has 1 aliphatic heterocycles. The van der Waals surface area contributed by atoms with Crippen LogP contribution in [-0.4, -0.2) is 0 Å². The quantitative estimate of drug-likeness (QED) is 0.181. The Balaban J connectivity index is 1.05. The standard InChI is InChI=1S/C54H36O2/c1-33-25-28-49-44(31-33)42-22-11-21-41(53(42)56-49)38-27-30-50-52-39(38)19-10-20-40(52)45-32-34(26-29-48(45)55-50)37-18-12-24-47-51(37)43-17-8-9-23-46(43)54(47,35-13-4-2-5-14-35)36-15-6-3-7-16-36/h2-30,32-33H,31H2,1H3. The van der Waals surface area contributed by atoms with E-state index in [-0.39, 0.29) is 0 Å². The molecule has 56 heavy (non-hydrogen) atoms. The molecule has 0 bridgehead atoms. The fourth-order valence-electron chi connectivity index (χ4n) is 10.2. The van der Waals surface area contributed by atoms with E-state index in [0.29, 0.717) is 5.92 Å². The van der Waals surface area contributed by atoms with Gasteiger partial charge in [0.2, 0.25) is 0 Å². The van der Waals surface area contributed by atoms with E-state index in [2.05, 4.69) is 189 Å². The highest BCUT2D eigenvalue weighted by molar-refractivity contribution is 6.13. The molecule has 0 saturated heterocycles. The molecule has 3 aliphatic rings. The van der Waals surface area contributed by atoms with Crippen molar-refractivity contribution in [2.45, 2.75) is 18.8 Å². The zero-order valence-electron chi connectivity index (χ0n) is 30.9. The SMILES string of the molecule is CC1C=Cc2oc3c(-c4ccc5c6c(cccc46)-c4cc(-c6cccc7c6-c6ccccc6C7(c6ccccc6)c6ccccc6)ccc4O5)cccc3c2C1. The largest absolute Gasteiger partial charge is 0.456 e. The number of ether oxygens (including phenoxy) is 1. The summed E-state index contributed by atoms with van der Waals surface area (Å²) in [4.78, 5) is 0. The fourth-order valence-corrected chi connectivity index (χ4v) is 10.2. The average molecular weight is 717 g/mol. The van der Waals surface area contributed by atoms with Crippen LogP contribution in [0.5, 0.6) is 11.5 Å². The van der Waals surface area contributed by atoms with Crippen molar-refractivity contribution in [1.29, 1.82) is 0 Å². The molecule has 0 saturated carbocycles. The lowest BCUT2D eigenvalue weighted by atomic mass is 9.67. The Kier molecular flexibility index (Phi) is 6.63. The van der Waals surface area contributed by atoms with Crippen molar-refractivity contribution in [3.8, 4) is 56.0 Å². The van der Waals surface area contributed by atoms with E-state index >= 15 is 0 Å². The number of rotatable bonds is 4. The van der Waals surface area contributed by atoms with Crippen LogP contribution in [0.15, 0.2) is 180 Å². The molecule has 1 unspecified atom stereocenters. The smallest absolute Gasteiger partial charge is 0.142 e. The van der Waals surface area contributed by atoms with Gasteiger partial charge in [0.15, 0.2) is 0 Å². The number of fused-ring (bicyclic) bond motifs is 8. The minimum absolute atomic E-state index is 0.451. The highest BCUT2D eigenvalue weighted by Gasteiger charge is 2.46. The zero-order chi connectivity index (χ0) is 37.0. The van der Waals surface area contributed by atoms with E-state index in [4.69, 9.17) is 9.15 Å². The summed E-state index contributed by atoms with van der Waals surface area (Å²) in [6.07, 6.45) is 5.40. The van der Waals surface area contributed by atoms with Crippen LogP contribution in [0.1, 0.15) is 40.5 Å².